The first-order valence-corrected chi connectivity index (χ1v) is 28.9. The molecule has 0 radical (unpaired) electrons. The lowest BCUT2D eigenvalue weighted by Crippen LogP contribution is -2.28. The predicted octanol–water partition coefficient (Wildman–Crippen LogP) is 19.7. The lowest BCUT2D eigenvalue weighted by molar-refractivity contribution is 0.767. The van der Waals surface area contributed by atoms with Crippen LogP contribution in [0.25, 0.3) is 105 Å². The van der Waals surface area contributed by atoms with Gasteiger partial charge in [0, 0.05) is 49.4 Å². The second-order valence-electron chi connectivity index (χ2n) is 22.6. The van der Waals surface area contributed by atoms with Crippen molar-refractivity contribution in [2.75, 3.05) is 0 Å². The van der Waals surface area contributed by atoms with E-state index in [1.165, 1.54) is 121 Å². The summed E-state index contributed by atoms with van der Waals surface area (Å²) in [5.41, 5.74) is 24.7. The maximum absolute atomic E-state index is 2.59. The Bertz CT molecular complexity index is 4910. The minimum absolute atomic E-state index is 0.529. The van der Waals surface area contributed by atoms with Gasteiger partial charge in [0.05, 0.1) is 43.9 Å². The van der Waals surface area contributed by atoms with Crippen molar-refractivity contribution in [1.29, 1.82) is 0 Å². The average Bonchev–Trinajstić information content (AvgIpc) is 2.81. The van der Waals surface area contributed by atoms with E-state index in [1.54, 1.807) is 0 Å². The van der Waals surface area contributed by atoms with Crippen LogP contribution in [0.5, 0.6) is 0 Å². The highest BCUT2D eigenvalue weighted by atomic mass is 15.0. The van der Waals surface area contributed by atoms with E-state index in [1.807, 2.05) is 0 Å². The van der Waals surface area contributed by atoms with E-state index in [-0.39, 0.29) is 0 Å². The Balaban J connectivity index is 0.917. The molecule has 83 heavy (non-hydrogen) atoms. The molecule has 0 aliphatic heterocycles. The maximum atomic E-state index is 2.59. The number of hydrogen-bond donors (Lipinski definition) is 0. The number of hydrogen-bond acceptors (Lipinski definition) is 0. The summed E-state index contributed by atoms with van der Waals surface area (Å²) in [7, 11) is 0. The number of benzene rings is 13. The SMILES string of the molecule is c1ccc(-n2c3c(ccc4c3c3ccccc3n4-c3ccc4c(c3)C(c3ccccc3)(c3ccccc3)c3ccccc3-4)c3ccc4c(c5ccccc5n4-c4ccc5c(c4)C(c4ccccc4)(c4ccccc4)c4ccccc4-5)c32)cc1. The van der Waals surface area contributed by atoms with E-state index in [2.05, 4.69) is 323 Å². The van der Waals surface area contributed by atoms with Crippen molar-refractivity contribution in [3.05, 3.63) is 354 Å². The van der Waals surface area contributed by atoms with Gasteiger partial charge in [-0.3, -0.25) is 0 Å². The van der Waals surface area contributed by atoms with Crippen molar-refractivity contribution < 1.29 is 0 Å². The van der Waals surface area contributed by atoms with Gasteiger partial charge in [0.15, 0.2) is 0 Å². The highest BCUT2D eigenvalue weighted by Crippen LogP contribution is 2.59. The first kappa shape index (κ1) is 46.1. The van der Waals surface area contributed by atoms with Crippen LogP contribution < -0.4 is 0 Å². The van der Waals surface area contributed by atoms with Crippen LogP contribution in [0.3, 0.4) is 0 Å². The third-order valence-corrected chi connectivity index (χ3v) is 18.8. The summed E-state index contributed by atoms with van der Waals surface area (Å²) in [6.07, 6.45) is 0. The highest BCUT2D eigenvalue weighted by molar-refractivity contribution is 6.31. The van der Waals surface area contributed by atoms with Gasteiger partial charge in [0.2, 0.25) is 0 Å². The van der Waals surface area contributed by atoms with E-state index >= 15 is 0 Å². The second kappa shape index (κ2) is 17.4. The number of rotatable bonds is 7. The molecule has 0 N–H and O–H groups in total. The molecule has 16 aromatic rings. The molecule has 2 aliphatic rings. The van der Waals surface area contributed by atoms with Crippen LogP contribution in [-0.2, 0) is 10.8 Å². The lowest BCUT2D eigenvalue weighted by Gasteiger charge is -2.34. The first-order chi connectivity index (χ1) is 41.2. The topological polar surface area (TPSA) is 14.8 Å². The van der Waals surface area contributed by atoms with Crippen molar-refractivity contribution in [3.63, 3.8) is 0 Å². The van der Waals surface area contributed by atoms with Crippen molar-refractivity contribution in [1.82, 2.24) is 13.7 Å². The van der Waals surface area contributed by atoms with Crippen LogP contribution in [0.1, 0.15) is 44.5 Å². The molecule has 0 fully saturated rings. The van der Waals surface area contributed by atoms with Crippen molar-refractivity contribution in [3.8, 4) is 39.3 Å². The first-order valence-electron chi connectivity index (χ1n) is 28.9. The molecular weight excluding hydrogens is 1000 g/mol. The molecule has 386 valence electrons. The van der Waals surface area contributed by atoms with Gasteiger partial charge in [-0.25, -0.2) is 0 Å². The normalized spacial score (nSPS) is 13.7. The zero-order valence-corrected chi connectivity index (χ0v) is 45.3. The van der Waals surface area contributed by atoms with Crippen LogP contribution >= 0.6 is 0 Å². The van der Waals surface area contributed by atoms with E-state index in [0.29, 0.717) is 0 Å². The molecule has 0 unspecified atom stereocenters. The lowest BCUT2D eigenvalue weighted by atomic mass is 9.67. The molecule has 2 aliphatic carbocycles. The summed E-state index contributed by atoms with van der Waals surface area (Å²) < 4.78 is 7.65. The molecule has 0 saturated carbocycles. The second-order valence-corrected chi connectivity index (χ2v) is 22.6. The summed E-state index contributed by atoms with van der Waals surface area (Å²) in [6, 6.07) is 116. The van der Waals surface area contributed by atoms with Gasteiger partial charge in [-0.15, -0.1) is 0 Å². The number of nitrogens with zero attached hydrogens (tertiary/aromatic N) is 3. The largest absolute Gasteiger partial charge is 0.309 e. The number of fused-ring (bicyclic) bond motifs is 17. The van der Waals surface area contributed by atoms with Gasteiger partial charge in [0.1, 0.15) is 0 Å². The van der Waals surface area contributed by atoms with E-state index in [0.717, 1.165) is 28.1 Å². The minimum atomic E-state index is -0.529. The summed E-state index contributed by atoms with van der Waals surface area (Å²) in [6.45, 7) is 0. The average molecular weight is 1050 g/mol. The fraction of sp³-hybridized carbons (Fsp3) is 0.0250. The molecule has 13 aromatic carbocycles. The highest BCUT2D eigenvalue weighted by Gasteiger charge is 2.48. The van der Waals surface area contributed by atoms with Crippen LogP contribution in [-0.4, -0.2) is 13.7 Å². The van der Waals surface area contributed by atoms with Gasteiger partial charge >= 0.3 is 0 Å². The summed E-state index contributed by atoms with van der Waals surface area (Å²) in [5.74, 6) is 0. The Hall–Kier alpha value is -10.7. The summed E-state index contributed by atoms with van der Waals surface area (Å²) in [5, 5.41) is 7.33. The Kier molecular flexibility index (Phi) is 9.64. The van der Waals surface area contributed by atoms with Gasteiger partial charge in [0.25, 0.3) is 0 Å². The van der Waals surface area contributed by atoms with E-state index in [4.69, 9.17) is 0 Å². The quantitative estimate of drug-likeness (QED) is 0.151. The molecule has 3 nitrogen and oxygen atoms in total. The monoisotopic (exact) mass is 1050 g/mol. The zero-order chi connectivity index (χ0) is 54.4. The minimum Gasteiger partial charge on any atom is -0.309 e. The van der Waals surface area contributed by atoms with Crippen molar-refractivity contribution in [2.45, 2.75) is 10.8 Å². The molecule has 0 saturated heterocycles. The third-order valence-electron chi connectivity index (χ3n) is 18.8. The van der Waals surface area contributed by atoms with Gasteiger partial charge in [-0.1, -0.05) is 249 Å². The summed E-state index contributed by atoms with van der Waals surface area (Å²) in [4.78, 5) is 0. The van der Waals surface area contributed by atoms with E-state index < -0.39 is 10.8 Å². The molecule has 0 bridgehead atoms. The molecular formula is C80H51N3. The Morgan fingerprint density at radius 3 is 0.952 bits per heavy atom. The Morgan fingerprint density at radius 1 is 0.205 bits per heavy atom. The molecule has 0 atom stereocenters. The predicted molar refractivity (Wildman–Crippen MR) is 344 cm³/mol. The number of aromatic nitrogens is 3. The molecule has 0 amide bonds. The van der Waals surface area contributed by atoms with E-state index in [9.17, 15) is 0 Å². The third kappa shape index (κ3) is 6.07. The van der Waals surface area contributed by atoms with Crippen LogP contribution in [0.2, 0.25) is 0 Å². The van der Waals surface area contributed by atoms with Crippen LogP contribution in [0.4, 0.5) is 0 Å². The summed E-state index contributed by atoms with van der Waals surface area (Å²) >= 11 is 0. The van der Waals surface area contributed by atoms with Crippen molar-refractivity contribution >= 4 is 65.4 Å². The van der Waals surface area contributed by atoms with Crippen LogP contribution in [0.15, 0.2) is 309 Å². The molecule has 18 rings (SSSR count). The van der Waals surface area contributed by atoms with Gasteiger partial charge in [-0.2, -0.15) is 0 Å². The fourth-order valence-corrected chi connectivity index (χ4v) is 15.6. The molecule has 0 spiro atoms. The standard InChI is InChI=1S/C80H51N3/c1-6-24-52(25-7-1)79(53-26-8-2-9-27-53)67-38-20-16-34-59(67)61-44-42-57(50-69(61)79)81-71-40-22-18-36-65(71)75-73(81)48-46-63-64-47-49-74-76(78(64)83(77(63)75)56-32-14-5-15-33-56)66-37-19-23-41-72(66)82(74)58-43-45-62-60-35-17-21-39-68(60)80(70(62)51-58,54-28-10-3-11-29-54)55-30-12-4-13-31-55/h1-51H. The fourth-order valence-electron chi connectivity index (χ4n) is 15.6. The zero-order valence-electron chi connectivity index (χ0n) is 45.3. The molecule has 3 heterocycles. The maximum Gasteiger partial charge on any atom is 0.0714 e. The van der Waals surface area contributed by atoms with Crippen molar-refractivity contribution in [2.24, 2.45) is 0 Å². The van der Waals surface area contributed by atoms with Crippen LogP contribution in [0, 0.1) is 0 Å². The smallest absolute Gasteiger partial charge is 0.0714 e. The molecule has 3 aromatic heterocycles. The van der Waals surface area contributed by atoms with Gasteiger partial charge in [-0.05, 0) is 127 Å². The Morgan fingerprint density at radius 2 is 0.542 bits per heavy atom. The number of para-hydroxylation sites is 3. The van der Waals surface area contributed by atoms with Gasteiger partial charge < -0.3 is 13.7 Å². The Labute approximate surface area is 480 Å². The molecule has 3 heteroatoms.